The number of hydrogen-bond acceptors (Lipinski definition) is 5. The molecule has 0 atom stereocenters. The minimum absolute atomic E-state index is 0.150. The van der Waals surface area contributed by atoms with E-state index in [1.807, 2.05) is 38.1 Å². The maximum Gasteiger partial charge on any atom is 0.421 e. The van der Waals surface area contributed by atoms with Crippen LogP contribution in [0.1, 0.15) is 18.1 Å². The second kappa shape index (κ2) is 8.38. The van der Waals surface area contributed by atoms with E-state index < -0.39 is 11.7 Å². The maximum atomic E-state index is 13.5. The van der Waals surface area contributed by atoms with Crippen molar-refractivity contribution in [2.75, 3.05) is 23.9 Å². The fraction of sp³-hybridized carbons (Fsp3) is 0.238. The van der Waals surface area contributed by atoms with Crippen LogP contribution in [0.3, 0.4) is 0 Å². The molecule has 0 spiro atoms. The molecule has 1 N–H and O–H groups in total. The van der Waals surface area contributed by atoms with Crippen molar-refractivity contribution in [1.82, 2.24) is 9.97 Å². The standard InChI is InChI=1S/C21H21F3N4O/c1-4-29-17-10-8-15(9-11-17)26-19-18(21(22,23)24)13-25-20(27-19)28(3)16-7-5-6-14(2)12-16/h5-13H,4H2,1-3H3,(H,25,26,27). The third kappa shape index (κ3) is 4.96. The molecule has 0 saturated heterocycles. The Morgan fingerprint density at radius 3 is 2.45 bits per heavy atom. The Morgan fingerprint density at radius 1 is 1.10 bits per heavy atom. The number of alkyl halides is 3. The molecule has 152 valence electrons. The normalized spacial score (nSPS) is 11.2. The highest BCUT2D eigenvalue weighted by molar-refractivity contribution is 5.64. The molecule has 5 nitrogen and oxygen atoms in total. The number of nitrogens with one attached hydrogen (secondary N) is 1. The molecule has 0 unspecified atom stereocenters. The summed E-state index contributed by atoms with van der Waals surface area (Å²) in [6.07, 6.45) is -3.79. The molecule has 8 heteroatoms. The molecule has 0 amide bonds. The van der Waals surface area contributed by atoms with Gasteiger partial charge in [-0.25, -0.2) is 4.98 Å². The Morgan fingerprint density at radius 2 is 1.83 bits per heavy atom. The first-order chi connectivity index (χ1) is 13.8. The highest BCUT2D eigenvalue weighted by Gasteiger charge is 2.35. The number of aryl methyl sites for hydroxylation is 1. The van der Waals surface area contributed by atoms with Crippen LogP contribution in [0.2, 0.25) is 0 Å². The van der Waals surface area contributed by atoms with Crippen LogP contribution in [-0.2, 0) is 6.18 Å². The first-order valence-electron chi connectivity index (χ1n) is 9.02. The first kappa shape index (κ1) is 20.4. The van der Waals surface area contributed by atoms with E-state index in [2.05, 4.69) is 15.3 Å². The number of benzene rings is 2. The van der Waals surface area contributed by atoms with Crippen molar-refractivity contribution in [2.45, 2.75) is 20.0 Å². The molecule has 0 bridgehead atoms. The zero-order chi connectivity index (χ0) is 21.0. The smallest absolute Gasteiger partial charge is 0.421 e. The van der Waals surface area contributed by atoms with Gasteiger partial charge in [0.05, 0.1) is 6.61 Å². The van der Waals surface area contributed by atoms with Crippen LogP contribution in [0, 0.1) is 6.92 Å². The summed E-state index contributed by atoms with van der Waals surface area (Å²) >= 11 is 0. The second-order valence-corrected chi connectivity index (χ2v) is 6.41. The zero-order valence-electron chi connectivity index (χ0n) is 16.3. The van der Waals surface area contributed by atoms with Gasteiger partial charge in [-0.2, -0.15) is 18.2 Å². The van der Waals surface area contributed by atoms with E-state index in [9.17, 15) is 13.2 Å². The van der Waals surface area contributed by atoms with Crippen LogP contribution in [0.15, 0.2) is 54.7 Å². The third-order valence-electron chi connectivity index (χ3n) is 4.20. The van der Waals surface area contributed by atoms with Gasteiger partial charge >= 0.3 is 6.18 Å². The SMILES string of the molecule is CCOc1ccc(Nc2nc(N(C)c3cccc(C)c3)ncc2C(F)(F)F)cc1. The molecule has 0 radical (unpaired) electrons. The number of halogens is 3. The minimum Gasteiger partial charge on any atom is -0.494 e. The highest BCUT2D eigenvalue weighted by Crippen LogP contribution is 2.36. The number of ether oxygens (including phenoxy) is 1. The Labute approximate surface area is 167 Å². The lowest BCUT2D eigenvalue weighted by Gasteiger charge is -2.20. The average Bonchev–Trinajstić information content (AvgIpc) is 2.68. The summed E-state index contributed by atoms with van der Waals surface area (Å²) < 4.78 is 45.8. The molecule has 1 aromatic heterocycles. The van der Waals surface area contributed by atoms with E-state index in [1.165, 1.54) is 0 Å². The second-order valence-electron chi connectivity index (χ2n) is 6.41. The Balaban J connectivity index is 1.95. The van der Waals surface area contributed by atoms with Crippen molar-refractivity contribution in [1.29, 1.82) is 0 Å². The predicted molar refractivity (Wildman–Crippen MR) is 107 cm³/mol. The van der Waals surface area contributed by atoms with E-state index >= 15 is 0 Å². The quantitative estimate of drug-likeness (QED) is 0.572. The van der Waals surface area contributed by atoms with Crippen LogP contribution < -0.4 is 15.0 Å². The molecule has 0 fully saturated rings. The number of anilines is 4. The summed E-state index contributed by atoms with van der Waals surface area (Å²) in [6, 6.07) is 14.2. The van der Waals surface area contributed by atoms with Crippen LogP contribution >= 0.6 is 0 Å². The highest BCUT2D eigenvalue weighted by atomic mass is 19.4. The van der Waals surface area contributed by atoms with Gasteiger partial charge in [0.1, 0.15) is 17.1 Å². The van der Waals surface area contributed by atoms with Gasteiger partial charge in [-0.3, -0.25) is 0 Å². The first-order valence-corrected chi connectivity index (χ1v) is 9.02. The lowest BCUT2D eigenvalue weighted by atomic mass is 10.2. The Bertz CT molecular complexity index is 974. The summed E-state index contributed by atoms with van der Waals surface area (Å²) in [7, 11) is 1.71. The molecule has 1 heterocycles. The molecule has 29 heavy (non-hydrogen) atoms. The minimum atomic E-state index is -4.59. The zero-order valence-corrected chi connectivity index (χ0v) is 16.3. The van der Waals surface area contributed by atoms with Crippen molar-refractivity contribution < 1.29 is 17.9 Å². The lowest BCUT2D eigenvalue weighted by molar-refractivity contribution is -0.137. The lowest BCUT2D eigenvalue weighted by Crippen LogP contribution is -2.17. The number of rotatable bonds is 6. The van der Waals surface area contributed by atoms with Gasteiger partial charge in [0.2, 0.25) is 5.95 Å². The van der Waals surface area contributed by atoms with Crippen molar-refractivity contribution >= 4 is 23.1 Å². The largest absolute Gasteiger partial charge is 0.494 e. The van der Waals surface area contributed by atoms with Gasteiger partial charge in [-0.15, -0.1) is 0 Å². The van der Waals surface area contributed by atoms with Crippen molar-refractivity contribution in [3.8, 4) is 5.75 Å². The molecule has 0 aliphatic rings. The van der Waals surface area contributed by atoms with Gasteiger partial charge in [0.15, 0.2) is 0 Å². The van der Waals surface area contributed by atoms with Crippen molar-refractivity contribution in [3.05, 3.63) is 65.9 Å². The number of nitrogens with zero attached hydrogens (tertiary/aromatic N) is 3. The van der Waals surface area contributed by atoms with Crippen LogP contribution in [0.4, 0.5) is 36.3 Å². The van der Waals surface area contributed by atoms with Crippen LogP contribution in [0.25, 0.3) is 0 Å². The summed E-state index contributed by atoms with van der Waals surface area (Å²) in [4.78, 5) is 9.71. The van der Waals surface area contributed by atoms with E-state index in [4.69, 9.17) is 4.74 Å². The fourth-order valence-corrected chi connectivity index (χ4v) is 2.73. The summed E-state index contributed by atoms with van der Waals surface area (Å²) in [5, 5.41) is 2.75. The van der Waals surface area contributed by atoms with E-state index in [-0.39, 0.29) is 11.8 Å². The summed E-state index contributed by atoms with van der Waals surface area (Å²) in [6.45, 7) is 4.30. The van der Waals surface area contributed by atoms with E-state index in [0.29, 0.717) is 18.0 Å². The van der Waals surface area contributed by atoms with Gasteiger partial charge in [0.25, 0.3) is 0 Å². The molecule has 3 aromatic rings. The van der Waals surface area contributed by atoms with E-state index in [1.54, 1.807) is 36.2 Å². The molecular weight excluding hydrogens is 381 g/mol. The summed E-state index contributed by atoms with van der Waals surface area (Å²) in [5.74, 6) is 0.472. The Hall–Kier alpha value is -3.29. The third-order valence-corrected chi connectivity index (χ3v) is 4.20. The number of aromatic nitrogens is 2. The molecular formula is C21H21F3N4O. The van der Waals surface area contributed by atoms with E-state index in [0.717, 1.165) is 17.4 Å². The average molecular weight is 402 g/mol. The molecule has 0 aliphatic heterocycles. The van der Waals surface area contributed by atoms with Crippen molar-refractivity contribution in [2.24, 2.45) is 0 Å². The molecule has 2 aromatic carbocycles. The van der Waals surface area contributed by atoms with Crippen LogP contribution in [0.5, 0.6) is 5.75 Å². The summed E-state index contributed by atoms with van der Waals surface area (Å²) in [5.41, 5.74) is 1.32. The van der Waals surface area contributed by atoms with Gasteiger partial charge < -0.3 is 15.0 Å². The maximum absolute atomic E-state index is 13.5. The fourth-order valence-electron chi connectivity index (χ4n) is 2.73. The van der Waals surface area contributed by atoms with Crippen LogP contribution in [-0.4, -0.2) is 23.6 Å². The van der Waals surface area contributed by atoms with Gasteiger partial charge in [0, 0.05) is 24.6 Å². The topological polar surface area (TPSA) is 50.3 Å². The monoisotopic (exact) mass is 402 g/mol. The predicted octanol–water partition coefficient (Wildman–Crippen LogP) is 5.71. The number of hydrogen-bond donors (Lipinski definition) is 1. The van der Waals surface area contributed by atoms with Crippen molar-refractivity contribution in [3.63, 3.8) is 0 Å². The van der Waals surface area contributed by atoms with Gasteiger partial charge in [-0.05, 0) is 55.8 Å². The molecule has 0 saturated carbocycles. The molecule has 3 rings (SSSR count). The molecule has 0 aliphatic carbocycles. The Kier molecular flexibility index (Phi) is 5.91. The van der Waals surface area contributed by atoms with Gasteiger partial charge in [-0.1, -0.05) is 12.1 Å².